The smallest absolute Gasteiger partial charge is 0.265 e. The Morgan fingerprint density at radius 1 is 1.15 bits per heavy atom. The molecule has 2 amide bonds. The van der Waals surface area contributed by atoms with Gasteiger partial charge in [0.2, 0.25) is 15.9 Å². The number of ether oxygens (including phenoxy) is 1. The monoisotopic (exact) mass is 491 g/mol. The Bertz CT molecular complexity index is 1220. The normalized spacial score (nSPS) is 19.4. The molecular weight excluding hydrogens is 466 g/mol. The van der Waals surface area contributed by atoms with Crippen molar-refractivity contribution in [3.05, 3.63) is 46.5 Å². The summed E-state index contributed by atoms with van der Waals surface area (Å²) >= 11 is 6.03. The van der Waals surface area contributed by atoms with Crippen LogP contribution in [0.3, 0.4) is 0 Å². The number of fused-ring (bicyclic) bond motifs is 1. The number of rotatable bonds is 4. The van der Waals surface area contributed by atoms with Gasteiger partial charge in [-0.05, 0) is 62.9 Å². The van der Waals surface area contributed by atoms with E-state index >= 15 is 0 Å². The molecule has 2 aliphatic rings. The number of carbonyl (C=O) groups excluding carboxylic acids is 2. The fourth-order valence-corrected chi connectivity index (χ4v) is 5.95. The molecule has 2 aromatic rings. The van der Waals surface area contributed by atoms with Gasteiger partial charge in [0.25, 0.3) is 5.91 Å². The van der Waals surface area contributed by atoms with Gasteiger partial charge in [-0.25, -0.2) is 8.42 Å². The number of benzene rings is 2. The lowest BCUT2D eigenvalue weighted by molar-refractivity contribution is -0.123. The first kappa shape index (κ1) is 23.5. The van der Waals surface area contributed by atoms with Crippen LogP contribution in [-0.4, -0.2) is 43.7 Å². The fraction of sp³-hybridized carbons (Fsp3) is 0.391. The highest BCUT2D eigenvalue weighted by Gasteiger charge is 2.34. The maximum atomic E-state index is 13.4. The molecule has 4 rings (SSSR count). The lowest BCUT2D eigenvalue weighted by atomic mass is 9.97. The molecule has 0 bridgehead atoms. The molecule has 33 heavy (non-hydrogen) atoms. The zero-order valence-corrected chi connectivity index (χ0v) is 20.2. The minimum absolute atomic E-state index is 0.138. The van der Waals surface area contributed by atoms with Crippen LogP contribution < -0.4 is 15.4 Å². The summed E-state index contributed by atoms with van der Waals surface area (Å²) in [6.45, 7) is 5.65. The highest BCUT2D eigenvalue weighted by Crippen LogP contribution is 2.36. The van der Waals surface area contributed by atoms with Crippen LogP contribution in [0.1, 0.15) is 30.9 Å². The van der Waals surface area contributed by atoms with Gasteiger partial charge in [-0.3, -0.25) is 9.59 Å². The van der Waals surface area contributed by atoms with Gasteiger partial charge in [0, 0.05) is 35.8 Å². The molecule has 10 heteroatoms. The summed E-state index contributed by atoms with van der Waals surface area (Å²) in [6, 6.07) is 8.39. The average molecular weight is 492 g/mol. The summed E-state index contributed by atoms with van der Waals surface area (Å²) in [5.74, 6) is -0.373. The maximum Gasteiger partial charge on any atom is 0.265 e. The molecule has 176 valence electrons. The second kappa shape index (κ2) is 8.96. The number of nitrogens with one attached hydrogen (secondary N) is 2. The number of hydrogen-bond acceptors (Lipinski definition) is 5. The first-order chi connectivity index (χ1) is 15.6. The van der Waals surface area contributed by atoms with Gasteiger partial charge in [-0.1, -0.05) is 17.7 Å². The van der Waals surface area contributed by atoms with Crippen LogP contribution >= 0.6 is 11.6 Å². The van der Waals surface area contributed by atoms with Crippen molar-refractivity contribution in [2.24, 2.45) is 5.92 Å². The van der Waals surface area contributed by atoms with Crippen LogP contribution in [0.2, 0.25) is 5.02 Å². The van der Waals surface area contributed by atoms with E-state index in [-0.39, 0.29) is 35.7 Å². The lowest BCUT2D eigenvalue weighted by Crippen LogP contribution is -2.41. The van der Waals surface area contributed by atoms with E-state index in [1.54, 1.807) is 32.0 Å². The van der Waals surface area contributed by atoms with Crippen LogP contribution in [0.5, 0.6) is 5.75 Å². The lowest BCUT2D eigenvalue weighted by Gasteiger charge is -2.31. The van der Waals surface area contributed by atoms with Crippen molar-refractivity contribution in [1.82, 2.24) is 4.31 Å². The van der Waals surface area contributed by atoms with Crippen molar-refractivity contribution >= 4 is 44.8 Å². The fourth-order valence-electron chi connectivity index (χ4n) is 4.08. The van der Waals surface area contributed by atoms with Gasteiger partial charge in [0.15, 0.2) is 6.10 Å². The average Bonchev–Trinajstić information content (AvgIpc) is 2.77. The zero-order chi connectivity index (χ0) is 23.9. The summed E-state index contributed by atoms with van der Waals surface area (Å²) < 4.78 is 33.7. The summed E-state index contributed by atoms with van der Waals surface area (Å²) in [7, 11) is -3.79. The van der Waals surface area contributed by atoms with E-state index in [2.05, 4.69) is 10.6 Å². The minimum Gasteiger partial charge on any atom is -0.479 e. The van der Waals surface area contributed by atoms with Crippen molar-refractivity contribution in [2.45, 2.75) is 44.6 Å². The second-order valence-electron chi connectivity index (χ2n) is 8.49. The molecule has 0 aromatic heterocycles. The van der Waals surface area contributed by atoms with Gasteiger partial charge in [0.1, 0.15) is 5.75 Å². The molecule has 0 saturated carbocycles. The summed E-state index contributed by atoms with van der Waals surface area (Å²) in [5.41, 5.74) is 2.54. The Morgan fingerprint density at radius 3 is 2.55 bits per heavy atom. The topological polar surface area (TPSA) is 105 Å². The third-order valence-electron chi connectivity index (χ3n) is 6.11. The van der Waals surface area contributed by atoms with E-state index < -0.39 is 16.1 Å². The van der Waals surface area contributed by atoms with Gasteiger partial charge in [-0.2, -0.15) is 4.31 Å². The van der Waals surface area contributed by atoms with Gasteiger partial charge in [0.05, 0.1) is 10.6 Å². The number of piperidine rings is 1. The van der Waals surface area contributed by atoms with E-state index in [4.69, 9.17) is 16.3 Å². The molecule has 2 N–H and O–H groups in total. The molecule has 8 nitrogen and oxygen atoms in total. The van der Waals surface area contributed by atoms with Gasteiger partial charge in [-0.15, -0.1) is 0 Å². The standard InChI is InChI=1S/C23H26ClN3O5S/c1-13-4-5-17(24)11-18(13)25-23(29)16-6-8-27(9-7-16)33(30,31)21-12-20-19(10-14(21)2)26-22(28)15(3)32-20/h4-5,10-12,15-16H,6-9H2,1-3H3,(H,25,29)(H,26,28)/t15-/m0/s1. The van der Waals surface area contributed by atoms with Crippen LogP contribution in [0, 0.1) is 19.8 Å². The first-order valence-corrected chi connectivity index (χ1v) is 12.6. The molecule has 0 radical (unpaired) electrons. The van der Waals surface area contributed by atoms with E-state index in [1.165, 1.54) is 10.4 Å². The maximum absolute atomic E-state index is 13.4. The molecule has 1 fully saturated rings. The Balaban J connectivity index is 1.46. The van der Waals surface area contributed by atoms with E-state index in [0.29, 0.717) is 40.6 Å². The highest BCUT2D eigenvalue weighted by atomic mass is 35.5. The van der Waals surface area contributed by atoms with Crippen molar-refractivity contribution < 1.29 is 22.7 Å². The van der Waals surface area contributed by atoms with Crippen molar-refractivity contribution in [3.8, 4) is 5.75 Å². The number of anilines is 2. The number of hydrogen-bond donors (Lipinski definition) is 2. The second-order valence-corrected chi connectivity index (χ2v) is 10.8. The summed E-state index contributed by atoms with van der Waals surface area (Å²) in [5, 5.41) is 6.18. The van der Waals surface area contributed by atoms with Crippen molar-refractivity contribution in [2.75, 3.05) is 23.7 Å². The zero-order valence-electron chi connectivity index (χ0n) is 18.6. The molecule has 0 aliphatic carbocycles. The van der Waals surface area contributed by atoms with Crippen molar-refractivity contribution in [3.63, 3.8) is 0 Å². The molecule has 2 aromatic carbocycles. The predicted molar refractivity (Wildman–Crippen MR) is 126 cm³/mol. The highest BCUT2D eigenvalue weighted by molar-refractivity contribution is 7.89. The molecule has 0 spiro atoms. The van der Waals surface area contributed by atoms with Gasteiger partial charge < -0.3 is 15.4 Å². The number of aryl methyl sites for hydroxylation is 2. The van der Waals surface area contributed by atoms with Crippen LogP contribution in [0.4, 0.5) is 11.4 Å². The Labute approximate surface area is 198 Å². The SMILES string of the molecule is Cc1ccc(Cl)cc1NC(=O)C1CCN(S(=O)(=O)c2cc3c(cc2C)NC(=O)[C@H](C)O3)CC1. The van der Waals surface area contributed by atoms with Crippen LogP contribution in [-0.2, 0) is 19.6 Å². The Hall–Kier alpha value is -2.62. The molecule has 1 saturated heterocycles. The van der Waals surface area contributed by atoms with Gasteiger partial charge >= 0.3 is 0 Å². The number of nitrogens with zero attached hydrogens (tertiary/aromatic N) is 1. The summed E-state index contributed by atoms with van der Waals surface area (Å²) in [6.07, 6.45) is 0.129. The molecule has 2 heterocycles. The Morgan fingerprint density at radius 2 is 1.85 bits per heavy atom. The predicted octanol–water partition coefficient (Wildman–Crippen LogP) is 3.72. The van der Waals surface area contributed by atoms with E-state index in [9.17, 15) is 18.0 Å². The first-order valence-electron chi connectivity index (χ1n) is 10.8. The summed E-state index contributed by atoms with van der Waals surface area (Å²) in [4.78, 5) is 24.7. The third kappa shape index (κ3) is 4.71. The van der Waals surface area contributed by atoms with Crippen molar-refractivity contribution in [1.29, 1.82) is 0 Å². The third-order valence-corrected chi connectivity index (χ3v) is 8.38. The molecule has 2 aliphatic heterocycles. The Kier molecular flexibility index (Phi) is 6.39. The minimum atomic E-state index is -3.79. The quantitative estimate of drug-likeness (QED) is 0.678. The number of halogens is 1. The van der Waals surface area contributed by atoms with E-state index in [0.717, 1.165) is 5.56 Å². The van der Waals surface area contributed by atoms with Crippen LogP contribution in [0.15, 0.2) is 35.2 Å². The number of sulfonamides is 1. The molecular formula is C23H26ClN3O5S. The largest absolute Gasteiger partial charge is 0.479 e. The number of carbonyl (C=O) groups is 2. The number of amides is 2. The van der Waals surface area contributed by atoms with Crippen LogP contribution in [0.25, 0.3) is 0 Å². The van der Waals surface area contributed by atoms with E-state index in [1.807, 2.05) is 13.0 Å². The molecule has 0 unspecified atom stereocenters. The molecule has 1 atom stereocenters.